The van der Waals surface area contributed by atoms with Crippen molar-refractivity contribution in [2.24, 2.45) is 33.4 Å². The molecule has 6 atom stereocenters. The fourth-order valence-corrected chi connectivity index (χ4v) is 10.00. The van der Waals surface area contributed by atoms with Crippen molar-refractivity contribution in [3.63, 3.8) is 0 Å². The third-order valence-corrected chi connectivity index (χ3v) is 15.1. The van der Waals surface area contributed by atoms with Gasteiger partial charge in [-0.25, -0.2) is 28.6 Å². The minimum Gasteiger partial charge on any atom is -0.469 e. The first-order chi connectivity index (χ1) is 36.9. The van der Waals surface area contributed by atoms with E-state index in [-0.39, 0.29) is 12.0 Å². The molecule has 3 aliphatic heterocycles. The van der Waals surface area contributed by atoms with Crippen LogP contribution in [0.5, 0.6) is 0 Å². The number of ether oxygens (including phenoxy) is 3. The minimum atomic E-state index is -5.16. The predicted octanol–water partition coefficient (Wildman–Crippen LogP) is 7.76. The number of hydrogen-bond acceptors (Lipinski definition) is 14. The van der Waals surface area contributed by atoms with Gasteiger partial charge in [0, 0.05) is 79.5 Å². The van der Waals surface area contributed by atoms with Gasteiger partial charge in [-0.1, -0.05) is 38.1 Å². The standard InChI is InChI=1S/C53H64F10N8O8/c1-50(2,52(58,59)60)38(21-45(74)77-5)47(75)68-70(25-37-39(54)18-32(19-40(37)55)41(64)15-16-65-48(56)57)26-43(73)33(20-42(72)46(67-49(76)78-6)51(3,4)53(61,62)63)17-29-7-9-30(10-8-29)31-11-14-44(66-22-31)69-23-34-12-13-35(24-69)71(34)36-27-79-28-36/h7-11,14-16,18-19,22,33-36,38,43,46,48,73H,12-13,17,20-21,23-28,64H2,1-6H3,(H,67,76)(H,68,75)/t33-,34?,35?,38-,43+,46-/m1/s1. The van der Waals surface area contributed by atoms with E-state index in [0.717, 1.165) is 65.3 Å². The fourth-order valence-electron chi connectivity index (χ4n) is 10.00. The number of rotatable bonds is 23. The highest BCUT2D eigenvalue weighted by atomic mass is 19.4. The number of carbonyl (C=O) groups is 4. The van der Waals surface area contributed by atoms with Crippen molar-refractivity contribution in [3.05, 3.63) is 89.1 Å². The number of alkyl halides is 8. The zero-order chi connectivity index (χ0) is 58.4. The summed E-state index contributed by atoms with van der Waals surface area (Å²) in [5, 5.41) is 14.7. The van der Waals surface area contributed by atoms with Gasteiger partial charge in [0.15, 0.2) is 5.78 Å². The number of aliphatic hydroxyl groups is 1. The zero-order valence-corrected chi connectivity index (χ0v) is 44.1. The Labute approximate surface area is 449 Å². The van der Waals surface area contributed by atoms with Crippen molar-refractivity contribution in [1.29, 1.82) is 0 Å². The number of benzene rings is 2. The van der Waals surface area contributed by atoms with Gasteiger partial charge in [-0.15, -0.1) is 0 Å². The second kappa shape index (κ2) is 25.4. The SMILES string of the molecule is COC(=O)C[C@H](C(=O)NN(Cc1c(F)cc(C(N)=CC=NC(F)F)cc1F)C[C@H](O)[C@@H](CC(=O)[C@@H](NC(=O)OC)C(C)(C)C(F)(F)F)Cc1ccc(-c2ccc(N3CC4CCC(C3)N4C3COC3)nc2)cc1)C(C)(C)C(F)(F)F. The molecule has 434 valence electrons. The molecule has 0 saturated carbocycles. The molecule has 3 aromatic rings. The zero-order valence-electron chi connectivity index (χ0n) is 44.1. The van der Waals surface area contributed by atoms with Crippen molar-refractivity contribution < 1.29 is 82.4 Å². The molecule has 0 aliphatic carbocycles. The summed E-state index contributed by atoms with van der Waals surface area (Å²) in [6.07, 6.45) is -10.9. The molecular formula is C53H64F10N8O8. The summed E-state index contributed by atoms with van der Waals surface area (Å²) in [5.41, 5.74) is 2.03. The van der Waals surface area contributed by atoms with Crippen LogP contribution in [0.25, 0.3) is 16.8 Å². The summed E-state index contributed by atoms with van der Waals surface area (Å²) < 4.78 is 159. The molecule has 2 unspecified atom stereocenters. The molecule has 2 bridgehead atoms. The summed E-state index contributed by atoms with van der Waals surface area (Å²) in [4.78, 5) is 65.6. The lowest BCUT2D eigenvalue weighted by Crippen LogP contribution is -2.62. The van der Waals surface area contributed by atoms with Gasteiger partial charge >= 0.3 is 31.0 Å². The normalized spacial score (nSPS) is 19.3. The van der Waals surface area contributed by atoms with E-state index in [1.807, 2.05) is 17.4 Å². The van der Waals surface area contributed by atoms with Crippen LogP contribution < -0.4 is 21.4 Å². The average Bonchev–Trinajstić information content (AvgIpc) is 3.68. The number of halogens is 10. The molecule has 79 heavy (non-hydrogen) atoms. The fraction of sp³-hybridized carbons (Fsp3) is 0.547. The van der Waals surface area contributed by atoms with Crippen LogP contribution in [0.15, 0.2) is 65.8 Å². The van der Waals surface area contributed by atoms with E-state index in [2.05, 4.69) is 29.7 Å². The summed E-state index contributed by atoms with van der Waals surface area (Å²) in [5.74, 6) is -9.89. The highest BCUT2D eigenvalue weighted by Gasteiger charge is 2.57. The summed E-state index contributed by atoms with van der Waals surface area (Å²) >= 11 is 0. The number of hydrazine groups is 1. The van der Waals surface area contributed by atoms with E-state index in [1.165, 1.54) is 0 Å². The van der Waals surface area contributed by atoms with Crippen LogP contribution in [-0.4, -0.2) is 146 Å². The van der Waals surface area contributed by atoms with Gasteiger partial charge in [-0.3, -0.25) is 24.7 Å². The number of nitrogens with zero attached hydrogens (tertiary/aromatic N) is 5. The highest BCUT2D eigenvalue weighted by Crippen LogP contribution is 2.46. The molecule has 16 nitrogen and oxygen atoms in total. The Hall–Kier alpha value is -6.38. The third kappa shape index (κ3) is 14.9. The van der Waals surface area contributed by atoms with Gasteiger partial charge in [-0.05, 0) is 80.5 Å². The number of carbonyl (C=O) groups excluding carboxylic acids is 4. The lowest BCUT2D eigenvalue weighted by atomic mass is 9.75. The molecule has 3 saturated heterocycles. The van der Waals surface area contributed by atoms with E-state index in [4.69, 9.17) is 15.5 Å². The number of Topliss-reactive ketones (excluding diaryl/α,β-unsaturated/α-hetero) is 1. The van der Waals surface area contributed by atoms with Crippen molar-refractivity contribution in [2.75, 3.05) is 52.0 Å². The number of nitrogens with two attached hydrogens (primary N) is 1. The Kier molecular flexibility index (Phi) is 19.9. The van der Waals surface area contributed by atoms with Crippen molar-refractivity contribution in [1.82, 2.24) is 25.6 Å². The van der Waals surface area contributed by atoms with Crippen LogP contribution in [0.3, 0.4) is 0 Å². The molecule has 1 aromatic heterocycles. The molecule has 26 heteroatoms. The number of ketones is 1. The maximum absolute atomic E-state index is 16.0. The van der Waals surface area contributed by atoms with Crippen LogP contribution >= 0.6 is 0 Å². The van der Waals surface area contributed by atoms with Crippen LogP contribution in [0.1, 0.15) is 70.1 Å². The van der Waals surface area contributed by atoms with Crippen molar-refractivity contribution in [2.45, 2.75) is 116 Å². The van der Waals surface area contributed by atoms with E-state index in [1.54, 1.807) is 30.5 Å². The molecular weight excluding hydrogens is 1070 g/mol. The number of fused-ring (bicyclic) bond motifs is 2. The van der Waals surface area contributed by atoms with E-state index in [9.17, 15) is 59.4 Å². The second-order valence-corrected chi connectivity index (χ2v) is 21.0. The molecule has 2 amide bonds. The predicted molar refractivity (Wildman–Crippen MR) is 269 cm³/mol. The van der Waals surface area contributed by atoms with Crippen LogP contribution in [-0.2, 0) is 41.6 Å². The number of allylic oxidation sites excluding steroid dienone is 1. The smallest absolute Gasteiger partial charge is 0.407 e. The first kappa shape index (κ1) is 61.8. The number of amides is 2. The Bertz CT molecular complexity index is 2650. The van der Waals surface area contributed by atoms with Gasteiger partial charge in [0.25, 0.3) is 0 Å². The number of nitrogens with one attached hydrogen (secondary N) is 2. The molecule has 0 spiro atoms. The lowest BCUT2D eigenvalue weighted by Gasteiger charge is -2.48. The number of aliphatic imine (C=N–C) groups is 1. The highest BCUT2D eigenvalue weighted by molar-refractivity contribution is 5.89. The maximum atomic E-state index is 16.0. The van der Waals surface area contributed by atoms with Gasteiger partial charge in [0.05, 0.1) is 62.7 Å². The van der Waals surface area contributed by atoms with Gasteiger partial charge < -0.3 is 35.3 Å². The molecule has 4 heterocycles. The number of esters is 1. The Morgan fingerprint density at radius 1 is 0.873 bits per heavy atom. The molecule has 3 fully saturated rings. The van der Waals surface area contributed by atoms with Gasteiger partial charge in [-0.2, -0.15) is 35.1 Å². The quantitative estimate of drug-likeness (QED) is 0.0236. The van der Waals surface area contributed by atoms with Crippen molar-refractivity contribution in [3.8, 4) is 11.1 Å². The third-order valence-electron chi connectivity index (χ3n) is 15.1. The molecule has 0 radical (unpaired) electrons. The number of piperazine rings is 1. The number of anilines is 1. The largest absolute Gasteiger partial charge is 0.469 e. The Balaban J connectivity index is 1.34. The van der Waals surface area contributed by atoms with E-state index >= 15 is 8.78 Å². The summed E-state index contributed by atoms with van der Waals surface area (Å²) in [6, 6.07) is 10.5. The second-order valence-electron chi connectivity index (χ2n) is 21.0. The van der Waals surface area contributed by atoms with Gasteiger partial charge in [0.2, 0.25) is 5.91 Å². The number of alkyl carbamates (subject to hydrolysis) is 1. The summed E-state index contributed by atoms with van der Waals surface area (Å²) in [7, 11) is 1.70. The Morgan fingerprint density at radius 3 is 1.97 bits per heavy atom. The molecule has 2 aromatic carbocycles. The average molecular weight is 1130 g/mol. The minimum absolute atomic E-state index is 0.338. The number of methoxy groups -OCH3 is 2. The van der Waals surface area contributed by atoms with Crippen molar-refractivity contribution >= 4 is 41.5 Å². The Morgan fingerprint density at radius 2 is 1.47 bits per heavy atom. The van der Waals surface area contributed by atoms with Crippen LogP contribution in [0, 0.1) is 34.3 Å². The number of aromatic nitrogens is 1. The van der Waals surface area contributed by atoms with E-state index < -0.39 is 126 Å². The van der Waals surface area contributed by atoms with Crippen LogP contribution in [0.2, 0.25) is 0 Å². The number of hydrogen-bond donors (Lipinski definition) is 4. The lowest BCUT2D eigenvalue weighted by molar-refractivity contribution is -0.231. The number of pyridine rings is 1. The molecule has 3 aliphatic rings. The monoisotopic (exact) mass is 1130 g/mol. The first-order valence-electron chi connectivity index (χ1n) is 25.2. The summed E-state index contributed by atoms with van der Waals surface area (Å²) in [6.45, 7) is 0.338. The molecule has 5 N–H and O–H groups in total. The van der Waals surface area contributed by atoms with Crippen LogP contribution in [0.4, 0.5) is 54.5 Å². The molecule has 6 rings (SSSR count). The first-order valence-corrected chi connectivity index (χ1v) is 25.2. The van der Waals surface area contributed by atoms with Gasteiger partial charge in [0.1, 0.15) is 23.5 Å². The number of aliphatic hydroxyl groups excluding tert-OH is 1. The maximum Gasteiger partial charge on any atom is 0.407 e. The van der Waals surface area contributed by atoms with E-state index in [0.29, 0.717) is 85.9 Å². The topological polar surface area (TPSA) is 201 Å².